The molecule has 2 N–H and O–H groups in total. The van der Waals surface area contributed by atoms with Gasteiger partial charge in [-0.1, -0.05) is 12.1 Å². The molecular formula is C16H13F2N3O. The fraction of sp³-hybridized carbons (Fsp3) is 0.125. The van der Waals surface area contributed by atoms with Crippen LogP contribution < -0.4 is 10.6 Å². The first-order valence-electron chi connectivity index (χ1n) is 6.78. The normalized spacial score (nSPS) is 13.5. The Bertz CT molecular complexity index is 759. The molecule has 0 unspecified atom stereocenters. The van der Waals surface area contributed by atoms with Crippen molar-refractivity contribution < 1.29 is 13.6 Å². The quantitative estimate of drug-likeness (QED) is 0.915. The van der Waals surface area contributed by atoms with Crippen molar-refractivity contribution in [3.8, 4) is 0 Å². The molecular weight excluding hydrogens is 288 g/mol. The van der Waals surface area contributed by atoms with E-state index in [0.717, 1.165) is 36.6 Å². The molecule has 0 aliphatic carbocycles. The predicted molar refractivity (Wildman–Crippen MR) is 80.2 cm³/mol. The molecule has 0 fully saturated rings. The van der Waals surface area contributed by atoms with Gasteiger partial charge in [-0.2, -0.15) is 0 Å². The molecule has 1 heterocycles. The Balaban J connectivity index is 1.79. The zero-order valence-corrected chi connectivity index (χ0v) is 11.6. The summed E-state index contributed by atoms with van der Waals surface area (Å²) < 4.78 is 26.1. The highest BCUT2D eigenvalue weighted by Gasteiger charge is 2.12. The highest BCUT2D eigenvalue weighted by atomic mass is 19.2. The van der Waals surface area contributed by atoms with Crippen LogP contribution in [0, 0.1) is 11.6 Å². The molecule has 0 saturated heterocycles. The zero-order valence-electron chi connectivity index (χ0n) is 11.6. The van der Waals surface area contributed by atoms with Gasteiger partial charge in [0.05, 0.1) is 6.54 Å². The first-order valence-corrected chi connectivity index (χ1v) is 6.78. The minimum atomic E-state index is -1.05. The van der Waals surface area contributed by atoms with Crippen molar-refractivity contribution in [3.63, 3.8) is 0 Å². The SMILES string of the molecule is O=C(Nc1cccc(C2=NCCN2)c1)c1ccc(F)c(F)c1. The van der Waals surface area contributed by atoms with Crippen LogP contribution in [0.1, 0.15) is 15.9 Å². The van der Waals surface area contributed by atoms with E-state index in [1.807, 2.05) is 6.07 Å². The highest BCUT2D eigenvalue weighted by Crippen LogP contribution is 2.15. The number of hydrogen-bond donors (Lipinski definition) is 2. The Morgan fingerprint density at radius 3 is 2.73 bits per heavy atom. The number of benzene rings is 2. The molecule has 112 valence electrons. The summed E-state index contributed by atoms with van der Waals surface area (Å²) in [6.45, 7) is 1.52. The van der Waals surface area contributed by atoms with Crippen LogP contribution >= 0.6 is 0 Å². The molecule has 0 spiro atoms. The number of carbonyl (C=O) groups is 1. The van der Waals surface area contributed by atoms with Crippen LogP contribution in [0.3, 0.4) is 0 Å². The minimum Gasteiger partial charge on any atom is -0.368 e. The molecule has 2 aromatic rings. The van der Waals surface area contributed by atoms with Crippen molar-refractivity contribution in [2.75, 3.05) is 18.4 Å². The number of nitrogens with one attached hydrogen (secondary N) is 2. The summed E-state index contributed by atoms with van der Waals surface area (Å²) in [6.07, 6.45) is 0. The number of carbonyl (C=O) groups excluding carboxylic acids is 1. The van der Waals surface area contributed by atoms with E-state index >= 15 is 0 Å². The van der Waals surface area contributed by atoms with Crippen LogP contribution in [-0.2, 0) is 0 Å². The van der Waals surface area contributed by atoms with Crippen LogP contribution in [0.25, 0.3) is 0 Å². The molecule has 1 aliphatic heterocycles. The summed E-state index contributed by atoms with van der Waals surface area (Å²) in [5.41, 5.74) is 1.48. The van der Waals surface area contributed by atoms with Crippen molar-refractivity contribution >= 4 is 17.4 Å². The molecule has 0 radical (unpaired) electrons. The molecule has 6 heteroatoms. The lowest BCUT2D eigenvalue weighted by Crippen LogP contribution is -2.20. The molecule has 0 bridgehead atoms. The van der Waals surface area contributed by atoms with Crippen molar-refractivity contribution in [2.24, 2.45) is 4.99 Å². The maximum absolute atomic E-state index is 13.2. The van der Waals surface area contributed by atoms with Crippen molar-refractivity contribution in [3.05, 3.63) is 65.2 Å². The van der Waals surface area contributed by atoms with Crippen LogP contribution in [0.2, 0.25) is 0 Å². The van der Waals surface area contributed by atoms with Gasteiger partial charge in [-0.05, 0) is 30.3 Å². The van der Waals surface area contributed by atoms with E-state index in [0.29, 0.717) is 5.69 Å². The summed E-state index contributed by atoms with van der Waals surface area (Å²) in [5, 5.41) is 5.80. The average molecular weight is 301 g/mol. The van der Waals surface area contributed by atoms with E-state index in [9.17, 15) is 13.6 Å². The second-order valence-corrected chi connectivity index (χ2v) is 4.82. The minimum absolute atomic E-state index is 0.0561. The first kappa shape index (κ1) is 14.2. The third-order valence-electron chi connectivity index (χ3n) is 3.25. The Labute approximate surface area is 125 Å². The van der Waals surface area contributed by atoms with Gasteiger partial charge in [-0.3, -0.25) is 9.79 Å². The Hall–Kier alpha value is -2.76. The lowest BCUT2D eigenvalue weighted by atomic mass is 10.1. The molecule has 0 atom stereocenters. The Kier molecular flexibility index (Phi) is 3.82. The monoisotopic (exact) mass is 301 g/mol. The van der Waals surface area contributed by atoms with Crippen molar-refractivity contribution in [2.45, 2.75) is 0 Å². The van der Waals surface area contributed by atoms with Crippen LogP contribution in [0.4, 0.5) is 14.5 Å². The molecule has 22 heavy (non-hydrogen) atoms. The Morgan fingerprint density at radius 2 is 2.00 bits per heavy atom. The summed E-state index contributed by atoms with van der Waals surface area (Å²) in [7, 11) is 0. The summed E-state index contributed by atoms with van der Waals surface area (Å²) in [4.78, 5) is 16.4. The van der Waals surface area contributed by atoms with E-state index in [4.69, 9.17) is 0 Å². The van der Waals surface area contributed by atoms with Crippen LogP contribution in [0.15, 0.2) is 47.5 Å². The number of amidine groups is 1. The molecule has 1 amide bonds. The molecule has 3 rings (SSSR count). The largest absolute Gasteiger partial charge is 0.368 e. The van der Waals surface area contributed by atoms with Gasteiger partial charge in [0.2, 0.25) is 0 Å². The van der Waals surface area contributed by atoms with Gasteiger partial charge < -0.3 is 10.6 Å². The van der Waals surface area contributed by atoms with Gasteiger partial charge in [0, 0.05) is 23.4 Å². The summed E-state index contributed by atoms with van der Waals surface area (Å²) >= 11 is 0. The number of anilines is 1. The third kappa shape index (κ3) is 2.95. The number of amides is 1. The standard InChI is InChI=1S/C16H13F2N3O/c17-13-5-4-11(9-14(13)18)16(22)21-12-3-1-2-10(8-12)15-19-6-7-20-15/h1-5,8-9H,6-7H2,(H,19,20)(H,21,22). The maximum atomic E-state index is 13.2. The number of rotatable bonds is 3. The number of nitrogens with zero attached hydrogens (tertiary/aromatic N) is 1. The fourth-order valence-corrected chi connectivity index (χ4v) is 2.18. The molecule has 1 aliphatic rings. The van der Waals surface area contributed by atoms with Gasteiger partial charge in [0.1, 0.15) is 5.84 Å². The average Bonchev–Trinajstić information content (AvgIpc) is 3.04. The zero-order chi connectivity index (χ0) is 15.5. The van der Waals surface area contributed by atoms with Crippen LogP contribution in [-0.4, -0.2) is 24.8 Å². The topological polar surface area (TPSA) is 53.5 Å². The first-order chi connectivity index (χ1) is 10.6. The lowest BCUT2D eigenvalue weighted by Gasteiger charge is -2.08. The van der Waals surface area contributed by atoms with E-state index in [1.165, 1.54) is 6.07 Å². The number of aliphatic imine (C=N–C) groups is 1. The van der Waals surface area contributed by atoms with E-state index in [-0.39, 0.29) is 5.56 Å². The molecule has 0 aromatic heterocycles. The highest BCUT2D eigenvalue weighted by molar-refractivity contribution is 6.05. The van der Waals surface area contributed by atoms with E-state index in [2.05, 4.69) is 15.6 Å². The second kappa shape index (κ2) is 5.93. The molecule has 4 nitrogen and oxygen atoms in total. The summed E-state index contributed by atoms with van der Waals surface area (Å²) in [5.74, 6) is -1.75. The van der Waals surface area contributed by atoms with Gasteiger partial charge in [-0.15, -0.1) is 0 Å². The van der Waals surface area contributed by atoms with Crippen LogP contribution in [0.5, 0.6) is 0 Å². The van der Waals surface area contributed by atoms with E-state index < -0.39 is 17.5 Å². The van der Waals surface area contributed by atoms with E-state index in [1.54, 1.807) is 18.2 Å². The van der Waals surface area contributed by atoms with Gasteiger partial charge in [0.15, 0.2) is 11.6 Å². The smallest absolute Gasteiger partial charge is 0.255 e. The number of hydrogen-bond acceptors (Lipinski definition) is 3. The maximum Gasteiger partial charge on any atom is 0.255 e. The third-order valence-corrected chi connectivity index (χ3v) is 3.25. The number of halogens is 2. The predicted octanol–water partition coefficient (Wildman–Crippen LogP) is 2.57. The van der Waals surface area contributed by atoms with Gasteiger partial charge >= 0.3 is 0 Å². The Morgan fingerprint density at radius 1 is 1.14 bits per heavy atom. The van der Waals surface area contributed by atoms with Crippen molar-refractivity contribution in [1.82, 2.24) is 5.32 Å². The fourth-order valence-electron chi connectivity index (χ4n) is 2.18. The summed E-state index contributed by atoms with van der Waals surface area (Å²) in [6, 6.07) is 10.2. The molecule has 0 saturated carbocycles. The van der Waals surface area contributed by atoms with Gasteiger partial charge in [-0.25, -0.2) is 8.78 Å². The van der Waals surface area contributed by atoms with Gasteiger partial charge in [0.25, 0.3) is 5.91 Å². The van der Waals surface area contributed by atoms with Crippen molar-refractivity contribution in [1.29, 1.82) is 0 Å². The molecule has 2 aromatic carbocycles. The lowest BCUT2D eigenvalue weighted by molar-refractivity contribution is 0.102. The second-order valence-electron chi connectivity index (χ2n) is 4.82.